The Balaban J connectivity index is 0.000000364. The number of anilines is 2. The molecule has 0 bridgehead atoms. The summed E-state index contributed by atoms with van der Waals surface area (Å²) < 4.78 is 38.8. The van der Waals surface area contributed by atoms with E-state index in [9.17, 15) is 13.2 Å². The number of piperidine rings is 1. The van der Waals surface area contributed by atoms with E-state index in [4.69, 9.17) is 24.4 Å². The largest absolute Gasteiger partial charge is 0.490 e. The highest BCUT2D eigenvalue weighted by Gasteiger charge is 2.38. The number of aliphatic carboxylic acids is 1. The van der Waals surface area contributed by atoms with Gasteiger partial charge in [0.1, 0.15) is 0 Å². The van der Waals surface area contributed by atoms with Crippen molar-refractivity contribution >= 4 is 23.0 Å². The number of halogens is 3. The number of alkyl halides is 3. The molecule has 0 atom stereocenters. The second-order valence-electron chi connectivity index (χ2n) is 8.17. The highest BCUT2D eigenvalue weighted by atomic mass is 19.4. The molecule has 1 fully saturated rings. The van der Waals surface area contributed by atoms with Gasteiger partial charge in [-0.1, -0.05) is 18.2 Å². The number of carboxylic acids is 1. The molecule has 5 rings (SSSR count). The van der Waals surface area contributed by atoms with Gasteiger partial charge in [-0.3, -0.25) is 4.90 Å². The number of nitrogens with zero attached hydrogens (tertiary/aromatic N) is 4. The number of carboxylic acid groups (broad SMARTS) is 1. The Labute approximate surface area is 199 Å². The van der Waals surface area contributed by atoms with Crippen LogP contribution in [0.3, 0.4) is 0 Å². The topological polar surface area (TPSA) is 95.9 Å². The predicted molar refractivity (Wildman–Crippen MR) is 122 cm³/mol. The van der Waals surface area contributed by atoms with Gasteiger partial charge in [0.05, 0.1) is 24.4 Å². The number of furan rings is 1. The van der Waals surface area contributed by atoms with Crippen LogP contribution in [-0.2, 0) is 11.3 Å². The number of carbonyl (C=O) groups is 1. The molecule has 3 aromatic heterocycles. The highest BCUT2D eigenvalue weighted by Crippen LogP contribution is 2.27. The van der Waals surface area contributed by atoms with E-state index in [0.29, 0.717) is 5.92 Å². The summed E-state index contributed by atoms with van der Waals surface area (Å²) in [4.78, 5) is 16.1. The monoisotopic (exact) mass is 487 g/mol. The molecule has 0 spiro atoms. The molecule has 0 saturated carbocycles. The molecular weight excluding hydrogens is 463 g/mol. The molecule has 1 aromatic carbocycles. The Kier molecular flexibility index (Phi) is 7.35. The lowest BCUT2D eigenvalue weighted by Crippen LogP contribution is -2.32. The molecule has 4 heterocycles. The van der Waals surface area contributed by atoms with E-state index in [2.05, 4.69) is 10.2 Å². The van der Waals surface area contributed by atoms with Crippen molar-refractivity contribution < 1.29 is 27.5 Å². The van der Waals surface area contributed by atoms with Crippen molar-refractivity contribution in [2.45, 2.75) is 31.5 Å². The first-order valence-corrected chi connectivity index (χ1v) is 11.0. The third-order valence-electron chi connectivity index (χ3n) is 5.59. The third-order valence-corrected chi connectivity index (χ3v) is 5.59. The smallest absolute Gasteiger partial charge is 0.475 e. The van der Waals surface area contributed by atoms with Crippen molar-refractivity contribution in [3.8, 4) is 0 Å². The summed E-state index contributed by atoms with van der Waals surface area (Å²) in [6, 6.07) is 16.3. The zero-order chi connectivity index (χ0) is 24.8. The lowest BCUT2D eigenvalue weighted by molar-refractivity contribution is -0.192. The van der Waals surface area contributed by atoms with Crippen LogP contribution in [0.1, 0.15) is 30.1 Å². The summed E-state index contributed by atoms with van der Waals surface area (Å²) in [6.07, 6.45) is 2.67. The van der Waals surface area contributed by atoms with E-state index in [0.717, 1.165) is 55.3 Å². The fourth-order valence-corrected chi connectivity index (χ4v) is 3.83. The fraction of sp³-hybridized carbons (Fsp3) is 0.292. The number of rotatable bonds is 5. The number of fused-ring (bicyclic) bond motifs is 1. The number of hydrogen-bond donors (Lipinski definition) is 2. The molecule has 35 heavy (non-hydrogen) atoms. The van der Waals surface area contributed by atoms with E-state index in [1.165, 1.54) is 5.56 Å². The number of hydrogen-bond acceptors (Lipinski definition) is 6. The predicted octanol–water partition coefficient (Wildman–Crippen LogP) is 5.08. The van der Waals surface area contributed by atoms with Gasteiger partial charge in [-0.05, 0) is 56.3 Å². The SMILES string of the molecule is O=C(O)C(F)(F)F.c1ccc(Nc2ccc3nc(C4CCN(Cc5ccoc5)CC4)nn3c2)cc1. The van der Waals surface area contributed by atoms with Crippen LogP contribution in [0.2, 0.25) is 0 Å². The Morgan fingerprint density at radius 3 is 2.43 bits per heavy atom. The quantitative estimate of drug-likeness (QED) is 0.405. The van der Waals surface area contributed by atoms with Crippen molar-refractivity contribution in [2.24, 2.45) is 0 Å². The van der Waals surface area contributed by atoms with Crippen LogP contribution in [-0.4, -0.2) is 49.8 Å². The number of likely N-dealkylation sites (tertiary alicyclic amines) is 1. The number of para-hydroxylation sites is 1. The molecule has 4 aromatic rings. The van der Waals surface area contributed by atoms with Gasteiger partial charge in [0.25, 0.3) is 0 Å². The second kappa shape index (κ2) is 10.6. The first-order chi connectivity index (χ1) is 16.8. The van der Waals surface area contributed by atoms with Gasteiger partial charge in [-0.15, -0.1) is 0 Å². The lowest BCUT2D eigenvalue weighted by Gasteiger charge is -2.30. The van der Waals surface area contributed by atoms with E-state index in [-0.39, 0.29) is 0 Å². The van der Waals surface area contributed by atoms with Gasteiger partial charge in [-0.25, -0.2) is 14.3 Å². The highest BCUT2D eigenvalue weighted by molar-refractivity contribution is 5.73. The average molecular weight is 487 g/mol. The van der Waals surface area contributed by atoms with Crippen LogP contribution in [0.5, 0.6) is 0 Å². The van der Waals surface area contributed by atoms with E-state index in [1.54, 1.807) is 6.26 Å². The Hall–Kier alpha value is -3.86. The molecule has 0 amide bonds. The minimum Gasteiger partial charge on any atom is -0.475 e. The molecule has 1 aliphatic rings. The Morgan fingerprint density at radius 1 is 1.09 bits per heavy atom. The van der Waals surface area contributed by atoms with Crippen LogP contribution in [0.15, 0.2) is 71.7 Å². The van der Waals surface area contributed by atoms with E-state index in [1.807, 2.05) is 65.5 Å². The first-order valence-electron chi connectivity index (χ1n) is 11.0. The first kappa shape index (κ1) is 24.3. The van der Waals surface area contributed by atoms with Gasteiger partial charge in [0.15, 0.2) is 11.5 Å². The zero-order valence-electron chi connectivity index (χ0n) is 18.7. The van der Waals surface area contributed by atoms with Gasteiger partial charge in [0.2, 0.25) is 0 Å². The third kappa shape index (κ3) is 6.60. The van der Waals surface area contributed by atoms with Gasteiger partial charge in [0, 0.05) is 23.7 Å². The van der Waals surface area contributed by atoms with Crippen LogP contribution >= 0.6 is 0 Å². The summed E-state index contributed by atoms with van der Waals surface area (Å²) in [5.41, 5.74) is 4.20. The maximum absolute atomic E-state index is 10.6. The van der Waals surface area contributed by atoms with Crippen molar-refractivity contribution in [3.63, 3.8) is 0 Å². The van der Waals surface area contributed by atoms with Crippen LogP contribution in [0.25, 0.3) is 5.65 Å². The summed E-state index contributed by atoms with van der Waals surface area (Å²) in [6.45, 7) is 3.08. The molecule has 1 aliphatic heterocycles. The molecule has 11 heteroatoms. The summed E-state index contributed by atoms with van der Waals surface area (Å²) in [5.74, 6) is -1.38. The molecule has 0 aliphatic carbocycles. The van der Waals surface area contributed by atoms with Crippen LogP contribution in [0.4, 0.5) is 24.5 Å². The zero-order valence-corrected chi connectivity index (χ0v) is 18.7. The number of benzene rings is 1. The summed E-state index contributed by atoms with van der Waals surface area (Å²) in [5, 5.41) is 15.3. The maximum Gasteiger partial charge on any atom is 0.490 e. The van der Waals surface area contributed by atoms with E-state index < -0.39 is 12.1 Å². The standard InChI is InChI=1S/C22H23N5O.C2HF3O2/c1-2-4-19(5-3-1)23-20-6-7-21-24-22(25-27(21)15-20)18-8-11-26(12-9-18)14-17-10-13-28-16-17;3-2(4,5)1(6)7/h1-7,10,13,15-16,18,23H,8-9,11-12,14H2;(H,6,7). The molecule has 0 unspecified atom stereocenters. The number of aromatic nitrogens is 3. The van der Waals surface area contributed by atoms with Crippen molar-refractivity contribution in [2.75, 3.05) is 18.4 Å². The van der Waals surface area contributed by atoms with Crippen molar-refractivity contribution in [1.82, 2.24) is 19.5 Å². The molecule has 184 valence electrons. The number of nitrogens with one attached hydrogen (secondary N) is 1. The van der Waals surface area contributed by atoms with Crippen molar-refractivity contribution in [1.29, 1.82) is 0 Å². The number of pyridine rings is 1. The van der Waals surface area contributed by atoms with Crippen LogP contribution < -0.4 is 5.32 Å². The Bertz CT molecular complexity index is 1230. The van der Waals surface area contributed by atoms with Gasteiger partial charge >= 0.3 is 12.1 Å². The van der Waals surface area contributed by atoms with Crippen LogP contribution in [0, 0.1) is 0 Å². The summed E-state index contributed by atoms with van der Waals surface area (Å²) >= 11 is 0. The molecular formula is C24H24F3N5O3. The summed E-state index contributed by atoms with van der Waals surface area (Å²) in [7, 11) is 0. The average Bonchev–Trinajstić information content (AvgIpc) is 3.50. The van der Waals surface area contributed by atoms with Gasteiger partial charge < -0.3 is 14.8 Å². The normalized spacial score (nSPS) is 14.9. The molecule has 2 N–H and O–H groups in total. The van der Waals surface area contributed by atoms with E-state index >= 15 is 0 Å². The maximum atomic E-state index is 10.6. The molecule has 1 saturated heterocycles. The Morgan fingerprint density at radius 2 is 1.80 bits per heavy atom. The molecule has 8 nitrogen and oxygen atoms in total. The lowest BCUT2D eigenvalue weighted by atomic mass is 9.96. The molecule has 0 radical (unpaired) electrons. The minimum absolute atomic E-state index is 0.422. The fourth-order valence-electron chi connectivity index (χ4n) is 3.83. The van der Waals surface area contributed by atoms with Crippen molar-refractivity contribution in [3.05, 3.63) is 78.6 Å². The van der Waals surface area contributed by atoms with Gasteiger partial charge in [-0.2, -0.15) is 18.3 Å². The minimum atomic E-state index is -5.08. The second-order valence-corrected chi connectivity index (χ2v) is 8.17.